The van der Waals surface area contributed by atoms with Crippen molar-refractivity contribution in [1.82, 2.24) is 4.72 Å². The highest BCUT2D eigenvalue weighted by Crippen LogP contribution is 2.09. The third-order valence-electron chi connectivity index (χ3n) is 3.30. The third kappa shape index (κ3) is 6.86. The van der Waals surface area contributed by atoms with Gasteiger partial charge in [0, 0.05) is 24.1 Å². The minimum atomic E-state index is -3.62. The maximum Gasteiger partial charge on any atom is 0.233 e. The van der Waals surface area contributed by atoms with E-state index in [-0.39, 0.29) is 18.9 Å². The van der Waals surface area contributed by atoms with E-state index >= 15 is 0 Å². The van der Waals surface area contributed by atoms with Crippen molar-refractivity contribution < 1.29 is 17.6 Å². The van der Waals surface area contributed by atoms with E-state index in [1.54, 1.807) is 0 Å². The van der Waals surface area contributed by atoms with Crippen molar-refractivity contribution in [2.24, 2.45) is 0 Å². The zero-order valence-corrected chi connectivity index (χ0v) is 14.5. The Morgan fingerprint density at radius 3 is 2.36 bits per heavy atom. The van der Waals surface area contributed by atoms with Gasteiger partial charge in [-0.15, -0.1) is 0 Å². The van der Waals surface area contributed by atoms with Gasteiger partial charge in [0.25, 0.3) is 0 Å². The van der Waals surface area contributed by atoms with E-state index in [0.717, 1.165) is 16.5 Å². The monoisotopic (exact) mass is 362 g/mol. The summed E-state index contributed by atoms with van der Waals surface area (Å²) in [4.78, 5) is 11.7. The average Bonchev–Trinajstić information content (AvgIpc) is 2.56. The Bertz CT molecular complexity index is 845. The first-order chi connectivity index (χ1) is 11.8. The molecule has 0 heterocycles. The molecule has 0 aliphatic heterocycles. The van der Waals surface area contributed by atoms with Gasteiger partial charge >= 0.3 is 0 Å². The number of aryl methyl sites for hydroxylation is 1. The van der Waals surface area contributed by atoms with E-state index in [1.165, 1.54) is 30.3 Å². The van der Waals surface area contributed by atoms with E-state index in [0.29, 0.717) is 5.69 Å². The summed E-state index contributed by atoms with van der Waals surface area (Å²) in [6.45, 7) is 1.91. The van der Waals surface area contributed by atoms with Gasteiger partial charge in [-0.05, 0) is 42.8 Å². The van der Waals surface area contributed by atoms with Crippen molar-refractivity contribution in [1.29, 1.82) is 0 Å². The number of anilines is 1. The number of sulfonamides is 1. The van der Waals surface area contributed by atoms with Gasteiger partial charge in [-0.25, -0.2) is 17.5 Å². The van der Waals surface area contributed by atoms with E-state index < -0.39 is 15.8 Å². The van der Waals surface area contributed by atoms with Crippen LogP contribution in [0.1, 0.15) is 17.5 Å². The standard InChI is InChI=1S/C18H19FN2O3S/c1-14-2-4-15(5-3-14)11-13-25(23,24)20-12-10-18(22)21-17-8-6-16(19)7-9-17/h2-9,11,13,20H,10,12H2,1H3,(H,21,22). The molecule has 0 saturated heterocycles. The van der Waals surface area contributed by atoms with Crippen molar-refractivity contribution in [2.45, 2.75) is 13.3 Å². The quantitative estimate of drug-likeness (QED) is 0.795. The largest absolute Gasteiger partial charge is 0.326 e. The van der Waals surface area contributed by atoms with Gasteiger partial charge in [-0.3, -0.25) is 4.79 Å². The predicted molar refractivity (Wildman–Crippen MR) is 96.8 cm³/mol. The first-order valence-electron chi connectivity index (χ1n) is 7.64. The van der Waals surface area contributed by atoms with E-state index in [9.17, 15) is 17.6 Å². The second-order valence-electron chi connectivity index (χ2n) is 5.46. The van der Waals surface area contributed by atoms with Crippen LogP contribution in [0.15, 0.2) is 53.9 Å². The van der Waals surface area contributed by atoms with Crippen molar-refractivity contribution in [2.75, 3.05) is 11.9 Å². The number of nitrogens with one attached hydrogen (secondary N) is 2. The lowest BCUT2D eigenvalue weighted by Crippen LogP contribution is -2.26. The lowest BCUT2D eigenvalue weighted by Gasteiger charge is -2.05. The maximum absolute atomic E-state index is 12.8. The number of carbonyl (C=O) groups excluding carboxylic acids is 1. The SMILES string of the molecule is Cc1ccc(C=CS(=O)(=O)NCCC(=O)Nc2ccc(F)cc2)cc1. The summed E-state index contributed by atoms with van der Waals surface area (Å²) in [6.07, 6.45) is 1.45. The Morgan fingerprint density at radius 1 is 1.08 bits per heavy atom. The lowest BCUT2D eigenvalue weighted by atomic mass is 10.2. The molecule has 0 spiro atoms. The Kier molecular flexibility index (Phi) is 6.44. The third-order valence-corrected chi connectivity index (χ3v) is 4.40. The first-order valence-corrected chi connectivity index (χ1v) is 9.18. The predicted octanol–water partition coefficient (Wildman–Crippen LogP) is 3.05. The van der Waals surface area contributed by atoms with Gasteiger partial charge < -0.3 is 5.32 Å². The number of hydrogen-bond acceptors (Lipinski definition) is 3. The van der Waals surface area contributed by atoms with Crippen LogP contribution in [0.25, 0.3) is 6.08 Å². The Morgan fingerprint density at radius 2 is 1.72 bits per heavy atom. The molecule has 7 heteroatoms. The van der Waals surface area contributed by atoms with Crippen LogP contribution < -0.4 is 10.0 Å². The molecule has 2 aromatic carbocycles. The minimum Gasteiger partial charge on any atom is -0.326 e. The molecule has 2 aromatic rings. The summed E-state index contributed by atoms with van der Waals surface area (Å²) in [5.41, 5.74) is 2.31. The Hall–Kier alpha value is -2.51. The fraction of sp³-hybridized carbons (Fsp3) is 0.167. The molecule has 0 atom stereocenters. The highest BCUT2D eigenvalue weighted by molar-refractivity contribution is 7.92. The van der Waals surface area contributed by atoms with Gasteiger partial charge in [0.2, 0.25) is 15.9 Å². The first kappa shape index (κ1) is 18.8. The zero-order valence-electron chi connectivity index (χ0n) is 13.7. The number of benzene rings is 2. The lowest BCUT2D eigenvalue weighted by molar-refractivity contribution is -0.116. The van der Waals surface area contributed by atoms with Gasteiger partial charge in [0.05, 0.1) is 0 Å². The second-order valence-corrected chi connectivity index (χ2v) is 7.11. The van der Waals surface area contributed by atoms with Gasteiger partial charge in [-0.2, -0.15) is 0 Å². The molecule has 0 aromatic heterocycles. The van der Waals surface area contributed by atoms with Crippen LogP contribution in [0.5, 0.6) is 0 Å². The van der Waals surface area contributed by atoms with Crippen molar-refractivity contribution in [3.8, 4) is 0 Å². The van der Waals surface area contributed by atoms with Gasteiger partial charge in [-0.1, -0.05) is 29.8 Å². The molecule has 5 nitrogen and oxygen atoms in total. The van der Waals surface area contributed by atoms with Gasteiger partial charge in [0.15, 0.2) is 0 Å². The molecule has 0 saturated carbocycles. The van der Waals surface area contributed by atoms with E-state index in [4.69, 9.17) is 0 Å². The minimum absolute atomic E-state index is 0.0328. The van der Waals surface area contributed by atoms with Gasteiger partial charge in [0.1, 0.15) is 5.82 Å². The molecule has 2 rings (SSSR count). The highest BCUT2D eigenvalue weighted by atomic mass is 32.2. The summed E-state index contributed by atoms with van der Waals surface area (Å²) in [5.74, 6) is -0.761. The average molecular weight is 362 g/mol. The molecule has 0 fully saturated rings. The summed E-state index contributed by atoms with van der Waals surface area (Å²) < 4.78 is 38.9. The molecular weight excluding hydrogens is 343 g/mol. The van der Waals surface area contributed by atoms with Crippen LogP contribution in [-0.4, -0.2) is 20.9 Å². The number of hydrogen-bond donors (Lipinski definition) is 2. The molecule has 132 valence electrons. The molecule has 0 aliphatic rings. The summed E-state index contributed by atoms with van der Waals surface area (Å²) in [6, 6.07) is 12.7. The summed E-state index contributed by atoms with van der Waals surface area (Å²) in [5, 5.41) is 3.63. The van der Waals surface area contributed by atoms with Crippen LogP contribution >= 0.6 is 0 Å². The van der Waals surface area contributed by atoms with Crippen LogP contribution in [0.3, 0.4) is 0 Å². The van der Waals surface area contributed by atoms with Crippen LogP contribution in [-0.2, 0) is 14.8 Å². The van der Waals surface area contributed by atoms with Crippen molar-refractivity contribution in [3.63, 3.8) is 0 Å². The molecular formula is C18H19FN2O3S. The number of amides is 1. The molecule has 25 heavy (non-hydrogen) atoms. The topological polar surface area (TPSA) is 75.3 Å². The molecule has 2 N–H and O–H groups in total. The molecule has 0 radical (unpaired) electrons. The molecule has 0 aliphatic carbocycles. The van der Waals surface area contributed by atoms with Crippen LogP contribution in [0.2, 0.25) is 0 Å². The molecule has 0 bridgehead atoms. The number of carbonyl (C=O) groups is 1. The normalized spacial score (nSPS) is 11.6. The molecule has 1 amide bonds. The Labute approximate surface area is 146 Å². The van der Waals surface area contributed by atoms with E-state index in [2.05, 4.69) is 10.0 Å². The smallest absolute Gasteiger partial charge is 0.233 e. The zero-order chi connectivity index (χ0) is 18.3. The Balaban J connectivity index is 1.80. The molecule has 0 unspecified atom stereocenters. The van der Waals surface area contributed by atoms with Crippen molar-refractivity contribution >= 4 is 27.7 Å². The highest BCUT2D eigenvalue weighted by Gasteiger charge is 2.07. The summed E-state index contributed by atoms with van der Waals surface area (Å²) >= 11 is 0. The second kappa shape index (κ2) is 8.55. The summed E-state index contributed by atoms with van der Waals surface area (Å²) in [7, 11) is -3.62. The number of rotatable bonds is 7. The van der Waals surface area contributed by atoms with Crippen molar-refractivity contribution in [3.05, 3.63) is 70.9 Å². The fourth-order valence-corrected chi connectivity index (χ4v) is 2.78. The fourth-order valence-electron chi connectivity index (χ4n) is 1.96. The maximum atomic E-state index is 12.8. The van der Waals surface area contributed by atoms with E-state index in [1.807, 2.05) is 31.2 Å². The van der Waals surface area contributed by atoms with Crippen LogP contribution in [0, 0.1) is 12.7 Å². The van der Waals surface area contributed by atoms with Crippen LogP contribution in [0.4, 0.5) is 10.1 Å². The number of halogens is 1.